The number of aliphatic hydroxyl groups is 1. The Morgan fingerprint density at radius 1 is 1.07 bits per heavy atom. The van der Waals surface area contributed by atoms with Crippen molar-refractivity contribution in [3.63, 3.8) is 0 Å². The molecule has 1 aromatic heterocycles. The molecule has 0 radical (unpaired) electrons. The lowest BCUT2D eigenvalue weighted by molar-refractivity contribution is 0.311. The molecule has 2 heterocycles. The number of nitrogens with two attached hydrogens (primary N) is 1. The zero-order valence-corrected chi connectivity index (χ0v) is 15.4. The van der Waals surface area contributed by atoms with Crippen LogP contribution in [0.1, 0.15) is 48.8 Å². The molecule has 4 rings (SSSR count). The van der Waals surface area contributed by atoms with E-state index in [-0.39, 0.29) is 12.4 Å². The summed E-state index contributed by atoms with van der Waals surface area (Å²) in [5.74, 6) is 2.00. The smallest absolute Gasteiger partial charge is 0.225 e. The van der Waals surface area contributed by atoms with E-state index < -0.39 is 0 Å². The highest BCUT2D eigenvalue weighted by molar-refractivity contribution is 5.68. The van der Waals surface area contributed by atoms with E-state index in [1.54, 1.807) is 0 Å². The standard InChI is InChI=1S/C20H26FN5O/c21-16-5-3-13(4-6-16)14-7-10-26(11-8-14)19-17(22)18(15-1-2-15)24-20(25-19)23-9-12-27/h3-6,14-15,27H,1-2,7-12,22H2,(H,23,24,25). The Kier molecular flexibility index (Phi) is 5.11. The van der Waals surface area contributed by atoms with E-state index in [0.29, 0.717) is 30.0 Å². The van der Waals surface area contributed by atoms with Crippen LogP contribution in [-0.2, 0) is 0 Å². The maximum atomic E-state index is 13.2. The predicted molar refractivity (Wildman–Crippen MR) is 105 cm³/mol. The first kappa shape index (κ1) is 18.0. The monoisotopic (exact) mass is 371 g/mol. The molecule has 0 atom stereocenters. The Morgan fingerprint density at radius 2 is 1.78 bits per heavy atom. The third-order valence-corrected chi connectivity index (χ3v) is 5.45. The van der Waals surface area contributed by atoms with Crippen molar-refractivity contribution in [2.24, 2.45) is 0 Å². The lowest BCUT2D eigenvalue weighted by Gasteiger charge is -2.34. The second-order valence-corrected chi connectivity index (χ2v) is 7.41. The summed E-state index contributed by atoms with van der Waals surface area (Å²) in [6.45, 7) is 2.16. The first-order chi connectivity index (χ1) is 13.2. The zero-order valence-electron chi connectivity index (χ0n) is 15.4. The van der Waals surface area contributed by atoms with Gasteiger partial charge in [0.2, 0.25) is 5.95 Å². The Labute approximate surface area is 158 Å². The van der Waals surface area contributed by atoms with Gasteiger partial charge < -0.3 is 21.1 Å². The molecule has 2 aliphatic rings. The topological polar surface area (TPSA) is 87.3 Å². The van der Waals surface area contributed by atoms with Crippen LogP contribution in [0, 0.1) is 5.82 Å². The normalized spacial score (nSPS) is 17.9. The van der Waals surface area contributed by atoms with Crippen LogP contribution in [0.25, 0.3) is 0 Å². The van der Waals surface area contributed by atoms with E-state index in [0.717, 1.165) is 50.3 Å². The van der Waals surface area contributed by atoms with Gasteiger partial charge in [-0.1, -0.05) is 12.1 Å². The van der Waals surface area contributed by atoms with Gasteiger partial charge in [0.1, 0.15) is 5.82 Å². The van der Waals surface area contributed by atoms with Crippen molar-refractivity contribution in [1.82, 2.24) is 9.97 Å². The molecule has 27 heavy (non-hydrogen) atoms. The Bertz CT molecular complexity index is 786. The number of nitrogens with one attached hydrogen (secondary N) is 1. The summed E-state index contributed by atoms with van der Waals surface area (Å²) in [6.07, 6.45) is 4.19. The number of piperidine rings is 1. The quantitative estimate of drug-likeness (QED) is 0.724. The Morgan fingerprint density at radius 3 is 2.41 bits per heavy atom. The van der Waals surface area contributed by atoms with Crippen molar-refractivity contribution in [3.05, 3.63) is 41.3 Å². The molecule has 2 fully saturated rings. The largest absolute Gasteiger partial charge is 0.395 e. The van der Waals surface area contributed by atoms with Crippen molar-refractivity contribution in [2.75, 3.05) is 42.2 Å². The minimum Gasteiger partial charge on any atom is -0.395 e. The average molecular weight is 371 g/mol. The fourth-order valence-electron chi connectivity index (χ4n) is 3.79. The summed E-state index contributed by atoms with van der Waals surface area (Å²) in [6, 6.07) is 6.84. The highest BCUT2D eigenvalue weighted by Gasteiger charge is 2.31. The predicted octanol–water partition coefficient (Wildman–Crippen LogP) is 2.86. The molecule has 0 spiro atoms. The van der Waals surface area contributed by atoms with Crippen LogP contribution in [0.5, 0.6) is 0 Å². The fraction of sp³-hybridized carbons (Fsp3) is 0.500. The number of halogens is 1. The van der Waals surface area contributed by atoms with E-state index in [4.69, 9.17) is 10.8 Å². The zero-order chi connectivity index (χ0) is 18.8. The summed E-state index contributed by atoms with van der Waals surface area (Å²) in [5.41, 5.74) is 9.24. The van der Waals surface area contributed by atoms with Crippen LogP contribution >= 0.6 is 0 Å². The van der Waals surface area contributed by atoms with Gasteiger partial charge in [0.05, 0.1) is 18.0 Å². The molecule has 7 heteroatoms. The number of aliphatic hydroxyl groups excluding tert-OH is 1. The van der Waals surface area contributed by atoms with Crippen LogP contribution in [0.15, 0.2) is 24.3 Å². The second kappa shape index (κ2) is 7.68. The Hall–Kier alpha value is -2.41. The number of benzene rings is 1. The molecule has 1 aliphatic carbocycles. The Balaban J connectivity index is 1.51. The van der Waals surface area contributed by atoms with E-state index in [2.05, 4.69) is 20.2 Å². The van der Waals surface area contributed by atoms with Gasteiger partial charge in [-0.2, -0.15) is 4.98 Å². The summed E-state index contributed by atoms with van der Waals surface area (Å²) < 4.78 is 13.2. The van der Waals surface area contributed by atoms with E-state index in [1.165, 1.54) is 17.7 Å². The fourth-order valence-corrected chi connectivity index (χ4v) is 3.79. The van der Waals surface area contributed by atoms with Crippen molar-refractivity contribution in [1.29, 1.82) is 0 Å². The van der Waals surface area contributed by atoms with Gasteiger partial charge in [0, 0.05) is 25.6 Å². The van der Waals surface area contributed by atoms with Gasteiger partial charge in [-0.3, -0.25) is 0 Å². The van der Waals surface area contributed by atoms with Crippen LogP contribution in [0.2, 0.25) is 0 Å². The summed E-state index contributed by atoms with van der Waals surface area (Å²) in [5, 5.41) is 12.1. The van der Waals surface area contributed by atoms with Crippen LogP contribution < -0.4 is 16.0 Å². The third-order valence-electron chi connectivity index (χ3n) is 5.45. The molecular weight excluding hydrogens is 345 g/mol. The number of hydrogen-bond acceptors (Lipinski definition) is 6. The SMILES string of the molecule is Nc1c(C2CC2)nc(NCCO)nc1N1CCC(c2ccc(F)cc2)CC1. The molecule has 4 N–H and O–H groups in total. The maximum Gasteiger partial charge on any atom is 0.225 e. The van der Waals surface area contributed by atoms with E-state index in [9.17, 15) is 4.39 Å². The second-order valence-electron chi connectivity index (χ2n) is 7.41. The van der Waals surface area contributed by atoms with Crippen LogP contribution in [0.4, 0.5) is 21.8 Å². The number of nitrogens with zero attached hydrogens (tertiary/aromatic N) is 3. The first-order valence-corrected chi connectivity index (χ1v) is 9.68. The molecule has 1 saturated heterocycles. The molecule has 144 valence electrons. The average Bonchev–Trinajstić information content (AvgIpc) is 3.53. The van der Waals surface area contributed by atoms with Crippen molar-refractivity contribution in [3.8, 4) is 0 Å². The highest BCUT2D eigenvalue weighted by atomic mass is 19.1. The molecule has 6 nitrogen and oxygen atoms in total. The summed E-state index contributed by atoms with van der Waals surface area (Å²) in [4.78, 5) is 11.4. The van der Waals surface area contributed by atoms with Crippen LogP contribution in [-0.4, -0.2) is 41.3 Å². The van der Waals surface area contributed by atoms with Gasteiger partial charge in [-0.15, -0.1) is 0 Å². The maximum absolute atomic E-state index is 13.2. The van der Waals surface area contributed by atoms with Gasteiger partial charge in [0.25, 0.3) is 0 Å². The van der Waals surface area contributed by atoms with Gasteiger partial charge in [-0.05, 0) is 49.3 Å². The number of nitrogen functional groups attached to an aromatic ring is 1. The number of rotatable bonds is 6. The molecule has 1 aromatic carbocycles. The van der Waals surface area contributed by atoms with Crippen molar-refractivity contribution in [2.45, 2.75) is 37.5 Å². The highest BCUT2D eigenvalue weighted by Crippen LogP contribution is 2.44. The van der Waals surface area contributed by atoms with Crippen molar-refractivity contribution < 1.29 is 9.50 Å². The van der Waals surface area contributed by atoms with Crippen LogP contribution in [0.3, 0.4) is 0 Å². The molecule has 0 bridgehead atoms. The molecule has 1 aliphatic heterocycles. The molecule has 1 saturated carbocycles. The summed E-state index contributed by atoms with van der Waals surface area (Å²) in [7, 11) is 0. The number of hydrogen-bond donors (Lipinski definition) is 3. The summed E-state index contributed by atoms with van der Waals surface area (Å²) >= 11 is 0. The van der Waals surface area contributed by atoms with Crippen molar-refractivity contribution >= 4 is 17.5 Å². The first-order valence-electron chi connectivity index (χ1n) is 9.68. The van der Waals surface area contributed by atoms with Gasteiger partial charge in [-0.25, -0.2) is 9.37 Å². The minimum absolute atomic E-state index is 0.0326. The van der Waals surface area contributed by atoms with E-state index >= 15 is 0 Å². The molecular formula is C20H26FN5O. The molecule has 0 unspecified atom stereocenters. The third kappa shape index (κ3) is 3.98. The van der Waals surface area contributed by atoms with Gasteiger partial charge >= 0.3 is 0 Å². The van der Waals surface area contributed by atoms with Gasteiger partial charge in [0.15, 0.2) is 5.82 Å². The number of aromatic nitrogens is 2. The lowest BCUT2D eigenvalue weighted by Crippen LogP contribution is -2.34. The lowest BCUT2D eigenvalue weighted by atomic mass is 9.89. The molecule has 2 aromatic rings. The molecule has 0 amide bonds. The van der Waals surface area contributed by atoms with E-state index in [1.807, 2.05) is 12.1 Å². The number of anilines is 3. The minimum atomic E-state index is -0.194.